The molecule has 20 heavy (non-hydrogen) atoms. The molecule has 0 atom stereocenters. The molecule has 0 unspecified atom stereocenters. The minimum atomic E-state index is 0.184. The van der Waals surface area contributed by atoms with Gasteiger partial charge >= 0.3 is 0 Å². The summed E-state index contributed by atoms with van der Waals surface area (Å²) in [5, 5.41) is 4.57. The molecule has 0 N–H and O–H groups in total. The van der Waals surface area contributed by atoms with Gasteiger partial charge in [-0.05, 0) is 57.2 Å². The predicted octanol–water partition coefficient (Wildman–Crippen LogP) is 3.49. The van der Waals surface area contributed by atoms with Gasteiger partial charge in [-0.1, -0.05) is 0 Å². The van der Waals surface area contributed by atoms with E-state index in [0.717, 1.165) is 28.3 Å². The molecule has 102 valence electrons. The van der Waals surface area contributed by atoms with Gasteiger partial charge in [-0.25, -0.2) is 9.50 Å². The normalized spacial score (nSPS) is 11.2. The van der Waals surface area contributed by atoms with Crippen LogP contribution in [-0.4, -0.2) is 20.7 Å². The van der Waals surface area contributed by atoms with Crippen LogP contribution in [0.15, 0.2) is 42.6 Å². The zero-order valence-corrected chi connectivity index (χ0v) is 11.9. The second kappa shape index (κ2) is 4.96. The highest BCUT2D eigenvalue weighted by Gasteiger charge is 2.04. The first kappa shape index (κ1) is 12.7. The number of hydrogen-bond donors (Lipinski definition) is 0. The van der Waals surface area contributed by atoms with Crippen molar-refractivity contribution in [2.45, 2.75) is 26.9 Å². The van der Waals surface area contributed by atoms with Crippen molar-refractivity contribution in [3.63, 3.8) is 0 Å². The molecule has 0 fully saturated rings. The zero-order chi connectivity index (χ0) is 14.1. The van der Waals surface area contributed by atoms with Crippen LogP contribution < -0.4 is 4.74 Å². The highest BCUT2D eigenvalue weighted by molar-refractivity contribution is 5.61. The maximum absolute atomic E-state index is 5.64. The Morgan fingerprint density at radius 3 is 2.50 bits per heavy atom. The van der Waals surface area contributed by atoms with Gasteiger partial charge in [0.15, 0.2) is 5.65 Å². The van der Waals surface area contributed by atoms with Gasteiger partial charge in [0.05, 0.1) is 23.7 Å². The van der Waals surface area contributed by atoms with E-state index in [1.165, 1.54) is 0 Å². The van der Waals surface area contributed by atoms with Crippen LogP contribution in [0.5, 0.6) is 5.75 Å². The molecule has 0 spiro atoms. The molecule has 0 amide bonds. The van der Waals surface area contributed by atoms with Gasteiger partial charge < -0.3 is 4.74 Å². The van der Waals surface area contributed by atoms with Crippen molar-refractivity contribution in [3.05, 3.63) is 48.3 Å². The Morgan fingerprint density at radius 2 is 1.80 bits per heavy atom. The number of imidazole rings is 1. The van der Waals surface area contributed by atoms with Gasteiger partial charge in [-0.2, -0.15) is 5.10 Å². The van der Waals surface area contributed by atoms with Crippen LogP contribution in [0.3, 0.4) is 0 Å². The van der Waals surface area contributed by atoms with E-state index < -0.39 is 0 Å². The molecule has 0 aliphatic heterocycles. The largest absolute Gasteiger partial charge is 0.491 e. The van der Waals surface area contributed by atoms with E-state index in [-0.39, 0.29) is 6.10 Å². The number of fused-ring (bicyclic) bond motifs is 1. The molecule has 2 heterocycles. The third-order valence-electron chi connectivity index (χ3n) is 2.96. The number of ether oxygens (including phenoxy) is 1. The maximum Gasteiger partial charge on any atom is 0.153 e. The Kier molecular flexibility index (Phi) is 3.14. The summed E-state index contributed by atoms with van der Waals surface area (Å²) < 4.78 is 7.45. The van der Waals surface area contributed by atoms with Gasteiger partial charge in [0.2, 0.25) is 0 Å². The van der Waals surface area contributed by atoms with Crippen molar-refractivity contribution in [2.24, 2.45) is 0 Å². The van der Waals surface area contributed by atoms with Crippen LogP contribution in [0, 0.1) is 6.92 Å². The number of rotatable bonds is 3. The van der Waals surface area contributed by atoms with Gasteiger partial charge in [-0.15, -0.1) is 0 Å². The van der Waals surface area contributed by atoms with Crippen molar-refractivity contribution < 1.29 is 4.74 Å². The molecule has 0 saturated carbocycles. The first-order valence-corrected chi connectivity index (χ1v) is 6.72. The lowest BCUT2D eigenvalue weighted by Crippen LogP contribution is -2.05. The minimum absolute atomic E-state index is 0.184. The monoisotopic (exact) mass is 267 g/mol. The topological polar surface area (TPSA) is 39.4 Å². The van der Waals surface area contributed by atoms with E-state index in [0.29, 0.717) is 0 Å². The van der Waals surface area contributed by atoms with Crippen molar-refractivity contribution >= 4 is 5.65 Å². The van der Waals surface area contributed by atoms with Crippen LogP contribution >= 0.6 is 0 Å². The summed E-state index contributed by atoms with van der Waals surface area (Å²) in [6, 6.07) is 12.0. The number of nitrogens with zero attached hydrogens (tertiary/aromatic N) is 3. The molecule has 0 radical (unpaired) electrons. The van der Waals surface area contributed by atoms with Crippen molar-refractivity contribution in [1.82, 2.24) is 14.6 Å². The summed E-state index contributed by atoms with van der Waals surface area (Å²) in [5.74, 6) is 0.878. The van der Waals surface area contributed by atoms with Gasteiger partial charge in [0.1, 0.15) is 5.75 Å². The zero-order valence-electron chi connectivity index (χ0n) is 11.9. The summed E-state index contributed by atoms with van der Waals surface area (Å²) >= 11 is 0. The Balaban J connectivity index is 1.93. The second-order valence-corrected chi connectivity index (χ2v) is 5.09. The lowest BCUT2D eigenvalue weighted by molar-refractivity contribution is 0.242. The predicted molar refractivity (Wildman–Crippen MR) is 78.9 cm³/mol. The Hall–Kier alpha value is -2.36. The van der Waals surface area contributed by atoms with E-state index >= 15 is 0 Å². The molecule has 3 rings (SSSR count). The molecule has 0 aliphatic rings. The second-order valence-electron chi connectivity index (χ2n) is 5.09. The third kappa shape index (κ3) is 2.50. The summed E-state index contributed by atoms with van der Waals surface area (Å²) in [4.78, 5) is 4.38. The highest BCUT2D eigenvalue weighted by Crippen LogP contribution is 2.21. The SMILES string of the molecule is Cc1cn2nc(-c3ccc(OC(C)C)cc3)ccc2n1. The molecule has 0 bridgehead atoms. The van der Waals surface area contributed by atoms with Crippen LogP contribution in [0.25, 0.3) is 16.9 Å². The quantitative estimate of drug-likeness (QED) is 0.729. The van der Waals surface area contributed by atoms with Gasteiger partial charge in [0, 0.05) is 5.56 Å². The standard InChI is InChI=1S/C16H17N3O/c1-11(2)20-14-6-4-13(5-7-14)15-8-9-16-17-12(3)10-19(16)18-15/h4-11H,1-3H3. The first-order chi connectivity index (χ1) is 9.61. The van der Waals surface area contributed by atoms with E-state index in [2.05, 4.69) is 10.1 Å². The van der Waals surface area contributed by atoms with Gasteiger partial charge in [0.25, 0.3) is 0 Å². The lowest BCUT2D eigenvalue weighted by Gasteiger charge is -2.10. The van der Waals surface area contributed by atoms with Crippen LogP contribution in [-0.2, 0) is 0 Å². The number of benzene rings is 1. The van der Waals surface area contributed by atoms with Crippen molar-refractivity contribution in [1.29, 1.82) is 0 Å². The number of aromatic nitrogens is 3. The number of aryl methyl sites for hydroxylation is 1. The van der Waals surface area contributed by atoms with E-state index in [4.69, 9.17) is 4.74 Å². The Bertz CT molecular complexity index is 729. The summed E-state index contributed by atoms with van der Waals surface area (Å²) in [5.41, 5.74) is 3.82. The third-order valence-corrected chi connectivity index (χ3v) is 2.96. The smallest absolute Gasteiger partial charge is 0.153 e. The van der Waals surface area contributed by atoms with Gasteiger partial charge in [-0.3, -0.25) is 0 Å². The lowest BCUT2D eigenvalue weighted by atomic mass is 10.1. The first-order valence-electron chi connectivity index (χ1n) is 6.72. The van der Waals surface area contributed by atoms with Crippen LogP contribution in [0.1, 0.15) is 19.5 Å². The minimum Gasteiger partial charge on any atom is -0.491 e. The highest BCUT2D eigenvalue weighted by atomic mass is 16.5. The van der Waals surface area contributed by atoms with E-state index in [1.807, 2.05) is 67.9 Å². The number of hydrogen-bond acceptors (Lipinski definition) is 3. The average molecular weight is 267 g/mol. The molecule has 0 aliphatic carbocycles. The summed E-state index contributed by atoms with van der Waals surface area (Å²) in [6.45, 7) is 6.00. The van der Waals surface area contributed by atoms with E-state index in [1.54, 1.807) is 0 Å². The summed E-state index contributed by atoms with van der Waals surface area (Å²) in [6.07, 6.45) is 2.11. The van der Waals surface area contributed by atoms with Crippen LogP contribution in [0.2, 0.25) is 0 Å². The molecular formula is C16H17N3O. The Morgan fingerprint density at radius 1 is 1.05 bits per heavy atom. The molecule has 1 aromatic carbocycles. The van der Waals surface area contributed by atoms with Crippen molar-refractivity contribution in [2.75, 3.05) is 0 Å². The van der Waals surface area contributed by atoms with Crippen molar-refractivity contribution in [3.8, 4) is 17.0 Å². The van der Waals surface area contributed by atoms with Crippen LogP contribution in [0.4, 0.5) is 0 Å². The molecule has 4 heteroatoms. The maximum atomic E-state index is 5.64. The fraction of sp³-hybridized carbons (Fsp3) is 0.250. The molecule has 4 nitrogen and oxygen atoms in total. The average Bonchev–Trinajstić information content (AvgIpc) is 2.78. The summed E-state index contributed by atoms with van der Waals surface area (Å²) in [7, 11) is 0. The molecule has 3 aromatic rings. The fourth-order valence-corrected chi connectivity index (χ4v) is 2.13. The molecule has 0 saturated heterocycles. The fourth-order valence-electron chi connectivity index (χ4n) is 2.13. The molecular weight excluding hydrogens is 250 g/mol. The molecule has 2 aromatic heterocycles. The Labute approximate surface area is 118 Å². The van der Waals surface area contributed by atoms with E-state index in [9.17, 15) is 0 Å².